The van der Waals surface area contributed by atoms with Crippen LogP contribution in [-0.4, -0.2) is 28.9 Å². The van der Waals surface area contributed by atoms with Crippen LogP contribution in [0.5, 0.6) is 0 Å². The predicted molar refractivity (Wildman–Crippen MR) is 194 cm³/mol. The first-order chi connectivity index (χ1) is 24.1. The molecule has 0 saturated carbocycles. The number of urea groups is 1. The van der Waals surface area contributed by atoms with Crippen LogP contribution in [0.15, 0.2) is 194 Å². The molecule has 12 heteroatoms. The van der Waals surface area contributed by atoms with E-state index in [0.29, 0.717) is 27.6 Å². The van der Waals surface area contributed by atoms with Crippen LogP contribution in [0.25, 0.3) is 0 Å². The number of carbonyl (C=O) groups is 1. The summed E-state index contributed by atoms with van der Waals surface area (Å²) >= 11 is 0. The van der Waals surface area contributed by atoms with E-state index in [1.54, 1.807) is 109 Å². The summed E-state index contributed by atoms with van der Waals surface area (Å²) in [7, 11) is -6.97. The molecule has 0 unspecified atom stereocenters. The van der Waals surface area contributed by atoms with E-state index < -0.39 is 25.7 Å². The number of sulfone groups is 2. The Morgan fingerprint density at radius 1 is 0.480 bits per heavy atom. The van der Waals surface area contributed by atoms with Gasteiger partial charge in [-0.25, -0.2) is 26.4 Å². The van der Waals surface area contributed by atoms with Crippen LogP contribution in [0.4, 0.5) is 27.5 Å². The van der Waals surface area contributed by atoms with E-state index in [9.17, 15) is 26.4 Å². The lowest BCUT2D eigenvalue weighted by Gasteiger charge is -2.09. The van der Waals surface area contributed by atoms with Crippen LogP contribution in [-0.2, 0) is 24.5 Å². The monoisotopic (exact) mass is 704 g/mol. The molecule has 0 bridgehead atoms. The number of anilines is 3. The van der Waals surface area contributed by atoms with Gasteiger partial charge in [-0.2, -0.15) is 4.99 Å². The number of hydrogen-bond donors (Lipinski definition) is 3. The number of nitrogens with zero attached hydrogens (tertiary/aromatic N) is 1. The molecule has 0 aliphatic heterocycles. The van der Waals surface area contributed by atoms with Crippen molar-refractivity contribution in [3.05, 3.63) is 170 Å². The molecular formula is C38H32N4O6S2. The quantitative estimate of drug-likeness (QED) is 0.0863. The van der Waals surface area contributed by atoms with E-state index in [2.05, 4.69) is 15.6 Å². The van der Waals surface area contributed by atoms with Gasteiger partial charge in [0.25, 0.3) is 0 Å². The van der Waals surface area contributed by atoms with Gasteiger partial charge in [0.1, 0.15) is 0 Å². The second-order valence-corrected chi connectivity index (χ2v) is 14.1. The maximum atomic E-state index is 12.5. The zero-order valence-corrected chi connectivity index (χ0v) is 28.1. The molecule has 0 aliphatic rings. The molecule has 0 fully saturated rings. The standard InChI is InChI=1S/C19H16N2O3S.C12H11NO2S.C7H5NO/c22-19(20-15-7-3-1-4-8-15)21-16-11-13-18(14-12-16)25(23,24)17-9-5-2-6-10-17;13-10-6-8-12(9-7-10)16(14,15)11-4-2-1-3-5-11;9-6-8-7-4-2-1-3-5-7/h1-14H,(H2,20,21,22);1-9H,13H2;1-5H. The molecule has 6 aromatic rings. The second kappa shape index (κ2) is 17.7. The van der Waals surface area contributed by atoms with Gasteiger partial charge in [-0.1, -0.05) is 72.8 Å². The highest BCUT2D eigenvalue weighted by molar-refractivity contribution is 7.91. The third kappa shape index (κ3) is 10.6. The summed E-state index contributed by atoms with van der Waals surface area (Å²) in [6.07, 6.45) is 1.46. The Labute approximate surface area is 290 Å². The Morgan fingerprint density at radius 3 is 1.24 bits per heavy atom. The fraction of sp³-hybridized carbons (Fsp3) is 0. The summed E-state index contributed by atoms with van der Waals surface area (Å²) in [5, 5.41) is 5.36. The number of nitrogens with one attached hydrogen (secondary N) is 2. The molecule has 6 rings (SSSR count). The fourth-order valence-electron chi connectivity index (χ4n) is 4.21. The highest BCUT2D eigenvalue weighted by atomic mass is 32.2. The van der Waals surface area contributed by atoms with Crippen molar-refractivity contribution in [1.29, 1.82) is 0 Å². The number of para-hydroxylation sites is 2. The number of nitrogens with two attached hydrogens (primary N) is 1. The van der Waals surface area contributed by atoms with Crippen molar-refractivity contribution in [2.45, 2.75) is 19.6 Å². The molecule has 0 aliphatic carbocycles. The zero-order chi connectivity index (χ0) is 35.8. The van der Waals surface area contributed by atoms with Crippen molar-refractivity contribution in [3.63, 3.8) is 0 Å². The molecule has 0 saturated heterocycles. The molecular weight excluding hydrogens is 673 g/mol. The topological polar surface area (TPSA) is 165 Å². The summed E-state index contributed by atoms with van der Waals surface area (Å²) in [6.45, 7) is 0. The average molecular weight is 705 g/mol. The number of aliphatic imine (C=N–C) groups is 1. The lowest BCUT2D eigenvalue weighted by atomic mass is 10.3. The lowest BCUT2D eigenvalue weighted by Crippen LogP contribution is -2.19. The summed E-state index contributed by atoms with van der Waals surface area (Å²) in [5.41, 5.74) is 7.88. The number of isocyanates is 1. The van der Waals surface area contributed by atoms with Crippen molar-refractivity contribution in [1.82, 2.24) is 0 Å². The lowest BCUT2D eigenvalue weighted by molar-refractivity contribution is 0.262. The van der Waals surface area contributed by atoms with Crippen molar-refractivity contribution >= 4 is 54.5 Å². The van der Waals surface area contributed by atoms with Crippen LogP contribution >= 0.6 is 0 Å². The summed E-state index contributed by atoms with van der Waals surface area (Å²) in [6, 6.07) is 46.4. The first kappa shape index (κ1) is 36.5. The Bertz CT molecular complexity index is 2230. The van der Waals surface area contributed by atoms with Crippen LogP contribution in [0.1, 0.15) is 0 Å². The van der Waals surface area contributed by atoms with Crippen molar-refractivity contribution < 1.29 is 26.4 Å². The van der Waals surface area contributed by atoms with Gasteiger partial charge < -0.3 is 16.4 Å². The Hall–Kier alpha value is -6.33. The first-order valence-corrected chi connectivity index (χ1v) is 17.9. The molecule has 0 spiro atoms. The number of hydrogen-bond acceptors (Lipinski definition) is 8. The fourth-order valence-corrected chi connectivity index (χ4v) is 6.77. The van der Waals surface area contributed by atoms with Gasteiger partial charge in [0, 0.05) is 17.1 Å². The van der Waals surface area contributed by atoms with Crippen LogP contribution in [0.2, 0.25) is 0 Å². The van der Waals surface area contributed by atoms with Gasteiger partial charge in [-0.3, -0.25) is 0 Å². The molecule has 0 atom stereocenters. The number of carbonyl (C=O) groups excluding carboxylic acids is 2. The minimum Gasteiger partial charge on any atom is -0.399 e. The van der Waals surface area contributed by atoms with Gasteiger partial charge in [0.15, 0.2) is 0 Å². The van der Waals surface area contributed by atoms with Crippen molar-refractivity contribution in [2.24, 2.45) is 4.99 Å². The molecule has 50 heavy (non-hydrogen) atoms. The summed E-state index contributed by atoms with van der Waals surface area (Å²) in [5.74, 6) is 0. The number of nitrogen functional groups attached to an aromatic ring is 1. The number of amides is 2. The first-order valence-electron chi connectivity index (χ1n) is 14.9. The van der Waals surface area contributed by atoms with Crippen LogP contribution < -0.4 is 16.4 Å². The van der Waals surface area contributed by atoms with E-state index in [1.165, 1.54) is 30.3 Å². The van der Waals surface area contributed by atoms with E-state index in [-0.39, 0.29) is 14.7 Å². The molecule has 4 N–H and O–H groups in total. The van der Waals surface area contributed by atoms with Crippen molar-refractivity contribution in [2.75, 3.05) is 16.4 Å². The zero-order valence-electron chi connectivity index (χ0n) is 26.5. The van der Waals surface area contributed by atoms with Gasteiger partial charge in [-0.05, 0) is 97.1 Å². The van der Waals surface area contributed by atoms with E-state index >= 15 is 0 Å². The predicted octanol–water partition coefficient (Wildman–Crippen LogP) is 7.92. The third-order valence-corrected chi connectivity index (χ3v) is 10.3. The second-order valence-electron chi connectivity index (χ2n) is 10.2. The average Bonchev–Trinajstić information content (AvgIpc) is 3.14. The number of rotatable bonds is 7. The van der Waals surface area contributed by atoms with E-state index in [0.717, 1.165) is 0 Å². The molecule has 0 radical (unpaired) electrons. The molecule has 10 nitrogen and oxygen atoms in total. The van der Waals surface area contributed by atoms with Crippen LogP contribution in [0.3, 0.4) is 0 Å². The smallest absolute Gasteiger partial charge is 0.323 e. The molecule has 0 aromatic heterocycles. The van der Waals surface area contributed by atoms with Crippen molar-refractivity contribution in [3.8, 4) is 0 Å². The molecule has 0 heterocycles. The maximum Gasteiger partial charge on any atom is 0.323 e. The minimum atomic E-state index is -3.56. The van der Waals surface area contributed by atoms with Gasteiger partial charge >= 0.3 is 6.03 Å². The Morgan fingerprint density at radius 2 is 0.820 bits per heavy atom. The molecule has 6 aromatic carbocycles. The SMILES string of the molecule is Nc1ccc(S(=O)(=O)c2ccccc2)cc1.O=C(Nc1ccccc1)Nc1ccc(S(=O)(=O)c2ccccc2)cc1.O=C=Nc1ccccc1. The number of benzene rings is 6. The largest absolute Gasteiger partial charge is 0.399 e. The Kier molecular flexibility index (Phi) is 12.9. The maximum absolute atomic E-state index is 12.5. The van der Waals surface area contributed by atoms with Gasteiger partial charge in [-0.15, -0.1) is 0 Å². The highest BCUT2D eigenvalue weighted by Crippen LogP contribution is 2.23. The molecule has 252 valence electrons. The Balaban J connectivity index is 0.000000191. The summed E-state index contributed by atoms with van der Waals surface area (Å²) in [4.78, 5) is 26.0. The van der Waals surface area contributed by atoms with Crippen LogP contribution in [0, 0.1) is 0 Å². The normalized spacial score (nSPS) is 10.5. The third-order valence-electron chi connectivity index (χ3n) is 6.68. The van der Waals surface area contributed by atoms with Gasteiger partial charge in [0.2, 0.25) is 25.8 Å². The molecule has 2 amide bonds. The van der Waals surface area contributed by atoms with E-state index in [1.807, 2.05) is 36.4 Å². The summed E-state index contributed by atoms with van der Waals surface area (Å²) < 4.78 is 49.2. The van der Waals surface area contributed by atoms with Gasteiger partial charge in [0.05, 0.1) is 25.3 Å². The minimum absolute atomic E-state index is 0.174. The van der Waals surface area contributed by atoms with E-state index in [4.69, 9.17) is 5.73 Å². The highest BCUT2D eigenvalue weighted by Gasteiger charge is 2.17.